The Bertz CT molecular complexity index is 935. The number of carbonyl (C=O) groups excluding carboxylic acids is 1. The molecule has 146 valence electrons. The van der Waals surface area contributed by atoms with E-state index >= 15 is 0 Å². The van der Waals surface area contributed by atoms with Crippen LogP contribution in [0, 0.1) is 28.5 Å². The standard InChI is InChI=1S/C23H25FN2OS/c1-4-23(2,3)16-8-11-18-19(14-25)22(28-20(18)13-16)26-21(27)12-7-15-5-9-17(24)10-6-15/h5-7,9-10,12,16H,4,8,11,13H2,1-3H3,(H,26,27)/b12-7+. The summed E-state index contributed by atoms with van der Waals surface area (Å²) in [5.41, 5.74) is 2.73. The van der Waals surface area contributed by atoms with Crippen molar-refractivity contribution in [3.8, 4) is 6.07 Å². The van der Waals surface area contributed by atoms with Gasteiger partial charge in [-0.25, -0.2) is 4.39 Å². The molecule has 0 saturated heterocycles. The lowest BCUT2D eigenvalue weighted by molar-refractivity contribution is -0.111. The molecule has 1 atom stereocenters. The fourth-order valence-electron chi connectivity index (χ4n) is 3.65. The summed E-state index contributed by atoms with van der Waals surface area (Å²) in [6.45, 7) is 6.85. The van der Waals surface area contributed by atoms with Gasteiger partial charge in [0, 0.05) is 11.0 Å². The van der Waals surface area contributed by atoms with E-state index < -0.39 is 0 Å². The molecule has 1 amide bonds. The summed E-state index contributed by atoms with van der Waals surface area (Å²) < 4.78 is 13.0. The first-order chi connectivity index (χ1) is 13.3. The lowest BCUT2D eigenvalue weighted by atomic mass is 9.69. The Balaban J connectivity index is 1.76. The molecule has 0 radical (unpaired) electrons. The van der Waals surface area contributed by atoms with Gasteiger partial charge in [-0.1, -0.05) is 39.3 Å². The largest absolute Gasteiger partial charge is 0.313 e. The average molecular weight is 397 g/mol. The van der Waals surface area contributed by atoms with Crippen LogP contribution in [0.1, 0.15) is 55.2 Å². The van der Waals surface area contributed by atoms with Crippen LogP contribution in [0.2, 0.25) is 0 Å². The Labute approximate surface area is 169 Å². The van der Waals surface area contributed by atoms with Crippen LogP contribution < -0.4 is 5.32 Å². The van der Waals surface area contributed by atoms with E-state index in [0.717, 1.165) is 36.8 Å². The zero-order valence-electron chi connectivity index (χ0n) is 16.5. The van der Waals surface area contributed by atoms with Crippen LogP contribution in [0.3, 0.4) is 0 Å². The van der Waals surface area contributed by atoms with Crippen LogP contribution in [0.25, 0.3) is 6.08 Å². The van der Waals surface area contributed by atoms with Crippen molar-refractivity contribution in [3.05, 3.63) is 57.7 Å². The number of halogens is 1. The molecule has 1 heterocycles. The molecule has 0 saturated carbocycles. The fraction of sp³-hybridized carbons (Fsp3) is 0.391. The van der Waals surface area contributed by atoms with Gasteiger partial charge in [-0.3, -0.25) is 4.79 Å². The minimum Gasteiger partial charge on any atom is -0.313 e. The summed E-state index contributed by atoms with van der Waals surface area (Å²) in [6.07, 6.45) is 7.11. The van der Waals surface area contributed by atoms with Crippen molar-refractivity contribution in [2.75, 3.05) is 5.32 Å². The van der Waals surface area contributed by atoms with E-state index in [1.54, 1.807) is 18.2 Å². The van der Waals surface area contributed by atoms with E-state index in [2.05, 4.69) is 32.2 Å². The van der Waals surface area contributed by atoms with Crippen LogP contribution in [0.4, 0.5) is 9.39 Å². The van der Waals surface area contributed by atoms with Gasteiger partial charge in [0.15, 0.2) is 0 Å². The summed E-state index contributed by atoms with van der Waals surface area (Å²) >= 11 is 1.53. The van der Waals surface area contributed by atoms with Gasteiger partial charge in [-0.15, -0.1) is 11.3 Å². The van der Waals surface area contributed by atoms with Gasteiger partial charge >= 0.3 is 0 Å². The molecule has 0 bridgehead atoms. The first kappa shape index (κ1) is 20.3. The third-order valence-corrected chi connectivity index (χ3v) is 7.10. The lowest BCUT2D eigenvalue weighted by Gasteiger charge is -2.36. The summed E-state index contributed by atoms with van der Waals surface area (Å²) in [4.78, 5) is 13.6. The van der Waals surface area contributed by atoms with Crippen LogP contribution in [-0.2, 0) is 17.6 Å². The van der Waals surface area contributed by atoms with Gasteiger partial charge in [0.05, 0.1) is 5.56 Å². The normalized spacial score (nSPS) is 16.6. The number of thiophene rings is 1. The number of benzene rings is 1. The molecule has 1 aliphatic rings. The maximum atomic E-state index is 13.0. The number of amides is 1. The molecule has 3 nitrogen and oxygen atoms in total. The van der Waals surface area contributed by atoms with Gasteiger partial charge in [-0.05, 0) is 59.9 Å². The number of rotatable bonds is 5. The second-order valence-corrected chi connectivity index (χ2v) is 9.08. The number of hydrogen-bond donors (Lipinski definition) is 1. The Morgan fingerprint density at radius 3 is 2.75 bits per heavy atom. The quantitative estimate of drug-likeness (QED) is 0.635. The molecule has 0 aliphatic heterocycles. The molecule has 1 aliphatic carbocycles. The van der Waals surface area contributed by atoms with E-state index in [4.69, 9.17) is 0 Å². The van der Waals surface area contributed by atoms with Crippen molar-refractivity contribution in [2.45, 2.75) is 46.5 Å². The van der Waals surface area contributed by atoms with E-state index in [9.17, 15) is 14.4 Å². The highest BCUT2D eigenvalue weighted by atomic mass is 32.1. The predicted octanol–water partition coefficient (Wildman–Crippen LogP) is 5.95. The maximum absolute atomic E-state index is 13.0. The Morgan fingerprint density at radius 2 is 2.11 bits per heavy atom. The highest BCUT2D eigenvalue weighted by Gasteiger charge is 2.33. The van der Waals surface area contributed by atoms with Crippen molar-refractivity contribution in [1.29, 1.82) is 5.26 Å². The number of hydrogen-bond acceptors (Lipinski definition) is 3. The molecule has 28 heavy (non-hydrogen) atoms. The number of carbonyl (C=O) groups is 1. The van der Waals surface area contributed by atoms with Crippen LogP contribution in [-0.4, -0.2) is 5.91 Å². The summed E-state index contributed by atoms with van der Waals surface area (Å²) in [6, 6.07) is 8.22. The molecule has 1 unspecified atom stereocenters. The molecular formula is C23H25FN2OS. The molecule has 5 heteroatoms. The summed E-state index contributed by atoms with van der Waals surface area (Å²) in [5, 5.41) is 13.1. The minimum absolute atomic E-state index is 0.274. The Kier molecular flexibility index (Phi) is 6.00. The third-order valence-electron chi connectivity index (χ3n) is 5.93. The number of nitriles is 1. The van der Waals surface area contributed by atoms with E-state index in [0.29, 0.717) is 16.5 Å². The SMILES string of the molecule is CCC(C)(C)C1CCc2c(sc(NC(=O)/C=C/c3ccc(F)cc3)c2C#N)C1. The molecular weight excluding hydrogens is 371 g/mol. The first-order valence-corrected chi connectivity index (χ1v) is 10.4. The van der Waals surface area contributed by atoms with E-state index in [-0.39, 0.29) is 17.1 Å². The molecule has 1 N–H and O–H groups in total. The van der Waals surface area contributed by atoms with Crippen molar-refractivity contribution >= 4 is 28.3 Å². The minimum atomic E-state index is -0.311. The highest BCUT2D eigenvalue weighted by molar-refractivity contribution is 7.16. The van der Waals surface area contributed by atoms with E-state index in [1.807, 2.05) is 0 Å². The smallest absolute Gasteiger partial charge is 0.249 e. The lowest BCUT2D eigenvalue weighted by Crippen LogP contribution is -2.28. The molecule has 0 spiro atoms. The molecule has 1 aromatic carbocycles. The van der Waals surface area contributed by atoms with Gasteiger partial charge in [0.2, 0.25) is 5.91 Å². The fourth-order valence-corrected chi connectivity index (χ4v) is 4.93. The molecule has 3 rings (SSSR count). The Morgan fingerprint density at radius 1 is 1.39 bits per heavy atom. The van der Waals surface area contributed by atoms with Crippen molar-refractivity contribution in [3.63, 3.8) is 0 Å². The van der Waals surface area contributed by atoms with Gasteiger partial charge < -0.3 is 5.32 Å². The predicted molar refractivity (Wildman–Crippen MR) is 113 cm³/mol. The van der Waals surface area contributed by atoms with E-state index in [1.165, 1.54) is 34.4 Å². The van der Waals surface area contributed by atoms with Crippen molar-refractivity contribution < 1.29 is 9.18 Å². The number of fused-ring (bicyclic) bond motifs is 1. The van der Waals surface area contributed by atoms with Crippen LogP contribution >= 0.6 is 11.3 Å². The van der Waals surface area contributed by atoms with Crippen LogP contribution in [0.5, 0.6) is 0 Å². The molecule has 2 aromatic rings. The first-order valence-electron chi connectivity index (χ1n) is 9.63. The van der Waals surface area contributed by atoms with Crippen molar-refractivity contribution in [2.24, 2.45) is 11.3 Å². The van der Waals surface area contributed by atoms with Gasteiger partial charge in [-0.2, -0.15) is 5.26 Å². The second-order valence-electron chi connectivity index (χ2n) is 7.98. The zero-order valence-corrected chi connectivity index (χ0v) is 17.3. The summed E-state index contributed by atoms with van der Waals surface area (Å²) in [7, 11) is 0. The molecule has 0 fully saturated rings. The topological polar surface area (TPSA) is 52.9 Å². The number of nitrogens with one attached hydrogen (secondary N) is 1. The maximum Gasteiger partial charge on any atom is 0.249 e. The average Bonchev–Trinajstić information content (AvgIpc) is 3.03. The Hall–Kier alpha value is -2.45. The zero-order chi connectivity index (χ0) is 20.3. The monoisotopic (exact) mass is 396 g/mol. The van der Waals surface area contributed by atoms with Gasteiger partial charge in [0.1, 0.15) is 16.9 Å². The van der Waals surface area contributed by atoms with Crippen LogP contribution in [0.15, 0.2) is 30.3 Å². The molecule has 1 aromatic heterocycles. The third kappa shape index (κ3) is 4.34. The number of anilines is 1. The van der Waals surface area contributed by atoms with Gasteiger partial charge in [0.25, 0.3) is 0 Å². The highest BCUT2D eigenvalue weighted by Crippen LogP contribution is 2.45. The second kappa shape index (κ2) is 8.28. The number of nitrogens with zero attached hydrogens (tertiary/aromatic N) is 1. The van der Waals surface area contributed by atoms with Crippen molar-refractivity contribution in [1.82, 2.24) is 0 Å². The summed E-state index contributed by atoms with van der Waals surface area (Å²) in [5.74, 6) is -0.00374.